The Morgan fingerprint density at radius 2 is 2.33 bits per heavy atom. The van der Waals surface area contributed by atoms with Crippen molar-refractivity contribution in [1.29, 1.82) is 0 Å². The summed E-state index contributed by atoms with van der Waals surface area (Å²) in [5, 5.41) is 0. The molecule has 0 radical (unpaired) electrons. The second kappa shape index (κ2) is 5.93. The molecule has 0 bridgehead atoms. The molecule has 0 aromatic carbocycles. The van der Waals surface area contributed by atoms with Crippen molar-refractivity contribution in [3.8, 4) is 0 Å². The average Bonchev–Trinajstić information content (AvgIpc) is 1.88. The van der Waals surface area contributed by atoms with Gasteiger partial charge >= 0.3 is 0 Å². The van der Waals surface area contributed by atoms with Crippen LogP contribution in [0.15, 0.2) is 12.7 Å². The van der Waals surface area contributed by atoms with Crippen molar-refractivity contribution in [1.82, 2.24) is 0 Å². The van der Waals surface area contributed by atoms with Gasteiger partial charge in [-0.1, -0.05) is 6.08 Å². The van der Waals surface area contributed by atoms with Crippen molar-refractivity contribution >= 4 is 15.8 Å². The summed E-state index contributed by atoms with van der Waals surface area (Å²) < 4.78 is 4.85. The van der Waals surface area contributed by atoms with Gasteiger partial charge in [0, 0.05) is 15.9 Å². The van der Waals surface area contributed by atoms with E-state index in [1.165, 1.54) is 0 Å². The summed E-state index contributed by atoms with van der Waals surface area (Å²) in [4.78, 5) is 9.93. The van der Waals surface area contributed by atoms with E-state index in [1.54, 1.807) is 6.08 Å². The number of carbonyl (C=O) groups is 1. The van der Waals surface area contributed by atoms with Gasteiger partial charge in [-0.25, -0.2) is 0 Å². The molecule has 0 heterocycles. The molecule has 3 heteroatoms. The van der Waals surface area contributed by atoms with Crippen LogP contribution in [0.5, 0.6) is 0 Å². The van der Waals surface area contributed by atoms with Gasteiger partial charge in [-0.15, -0.1) is 6.58 Å². The van der Waals surface area contributed by atoms with E-state index in [-0.39, 0.29) is 6.10 Å². The molecule has 1 unspecified atom stereocenters. The predicted molar refractivity (Wildman–Crippen MR) is 40.1 cm³/mol. The lowest BCUT2D eigenvalue weighted by Gasteiger charge is -2.06. The summed E-state index contributed by atoms with van der Waals surface area (Å²) in [7, 11) is 2.14. The Morgan fingerprint density at radius 1 is 1.67 bits per heavy atom. The first-order valence-electron chi connectivity index (χ1n) is 2.75. The third kappa shape index (κ3) is 4.31. The van der Waals surface area contributed by atoms with Crippen LogP contribution in [0.4, 0.5) is 0 Å². The van der Waals surface area contributed by atoms with Crippen LogP contribution in [0.3, 0.4) is 0 Å². The molecule has 0 rings (SSSR count). The molecule has 0 aromatic heterocycles. The van der Waals surface area contributed by atoms with Crippen LogP contribution in [0.25, 0.3) is 0 Å². The lowest BCUT2D eigenvalue weighted by molar-refractivity contribution is -0.109. The Bertz CT molecular complexity index is 83.1. The molecule has 2 atom stereocenters. The van der Waals surface area contributed by atoms with Gasteiger partial charge in [-0.3, -0.25) is 0 Å². The van der Waals surface area contributed by atoms with Gasteiger partial charge in [0.2, 0.25) is 0 Å². The van der Waals surface area contributed by atoms with Gasteiger partial charge in [0.05, 0.1) is 6.10 Å². The van der Waals surface area contributed by atoms with E-state index in [0.717, 1.165) is 12.7 Å². The van der Waals surface area contributed by atoms with Crippen molar-refractivity contribution < 1.29 is 9.32 Å². The van der Waals surface area contributed by atoms with Crippen LogP contribution >= 0.6 is 9.47 Å². The second-order valence-electron chi connectivity index (χ2n) is 1.68. The number of hydrogen-bond acceptors (Lipinski definition) is 2. The Morgan fingerprint density at radius 3 is 2.67 bits per heavy atom. The predicted octanol–water partition coefficient (Wildman–Crippen LogP) is 1.33. The molecule has 52 valence electrons. The monoisotopic (exact) mass is 146 g/mol. The maximum atomic E-state index is 9.93. The molecule has 0 aliphatic rings. The van der Waals surface area contributed by atoms with Crippen LogP contribution in [0.1, 0.15) is 12.8 Å². The Kier molecular flexibility index (Phi) is 5.80. The van der Waals surface area contributed by atoms with Gasteiger partial charge in [0.15, 0.2) is 0 Å². The Labute approximate surface area is 57.6 Å². The van der Waals surface area contributed by atoms with Gasteiger partial charge in [-0.05, 0) is 6.42 Å². The molecule has 0 saturated heterocycles. The fourth-order valence-corrected chi connectivity index (χ4v) is 0.723. The first-order chi connectivity index (χ1) is 4.35. The highest BCUT2D eigenvalue weighted by Crippen LogP contribution is 2.05. The highest BCUT2D eigenvalue weighted by Gasteiger charge is 2.01. The zero-order chi connectivity index (χ0) is 7.11. The Balaban J connectivity index is 3.39. The molecule has 9 heavy (non-hydrogen) atoms. The first-order valence-corrected chi connectivity index (χ1v) is 3.22. The minimum absolute atomic E-state index is 0.00926. The van der Waals surface area contributed by atoms with E-state index in [9.17, 15) is 4.79 Å². The average molecular weight is 146 g/mol. The molecule has 0 spiro atoms. The molecule has 0 amide bonds. The molecule has 0 saturated carbocycles. The SMILES string of the molecule is C=CC[C@H](CC=O)OP. The zero-order valence-electron chi connectivity index (χ0n) is 5.25. The van der Waals surface area contributed by atoms with Crippen LogP contribution < -0.4 is 0 Å². The number of carbonyl (C=O) groups excluding carboxylic acids is 1. The van der Waals surface area contributed by atoms with Crippen molar-refractivity contribution in [3.63, 3.8) is 0 Å². The molecule has 0 aromatic rings. The van der Waals surface area contributed by atoms with Crippen LogP contribution in [-0.2, 0) is 9.32 Å². The van der Waals surface area contributed by atoms with Crippen LogP contribution in [-0.4, -0.2) is 12.4 Å². The summed E-state index contributed by atoms with van der Waals surface area (Å²) in [5.74, 6) is 0. The van der Waals surface area contributed by atoms with Gasteiger partial charge in [0.1, 0.15) is 6.29 Å². The quantitative estimate of drug-likeness (QED) is 0.332. The molecule has 0 aliphatic carbocycles. The largest absolute Gasteiger partial charge is 0.362 e. The summed E-state index contributed by atoms with van der Waals surface area (Å²) in [6, 6.07) is 0. The first kappa shape index (κ1) is 8.80. The summed E-state index contributed by atoms with van der Waals surface area (Å²) >= 11 is 0. The van der Waals surface area contributed by atoms with E-state index >= 15 is 0 Å². The lowest BCUT2D eigenvalue weighted by Crippen LogP contribution is -2.05. The minimum Gasteiger partial charge on any atom is -0.362 e. The maximum absolute atomic E-state index is 9.93. The van der Waals surface area contributed by atoms with Crippen molar-refractivity contribution in [2.24, 2.45) is 0 Å². The normalized spacial score (nSPS) is 12.6. The fraction of sp³-hybridized carbons (Fsp3) is 0.500. The number of hydrogen-bond donors (Lipinski definition) is 0. The highest BCUT2D eigenvalue weighted by molar-refractivity contribution is 7.09. The van der Waals surface area contributed by atoms with Crippen molar-refractivity contribution in [2.75, 3.05) is 0 Å². The topological polar surface area (TPSA) is 26.3 Å². The Hall–Kier alpha value is -0.200. The zero-order valence-corrected chi connectivity index (χ0v) is 6.40. The minimum atomic E-state index is -0.00926. The van der Waals surface area contributed by atoms with Gasteiger partial charge in [0.25, 0.3) is 0 Å². The number of aldehydes is 1. The van der Waals surface area contributed by atoms with E-state index < -0.39 is 0 Å². The molecule has 0 fully saturated rings. The van der Waals surface area contributed by atoms with Crippen LogP contribution in [0, 0.1) is 0 Å². The standard InChI is InChI=1S/C6H11O2P/c1-2-3-6(8-9)4-5-7/h2,5-6H,1,3-4,9H2/t6-/m1/s1. The van der Waals surface area contributed by atoms with E-state index in [1.807, 2.05) is 0 Å². The maximum Gasteiger partial charge on any atom is 0.122 e. The smallest absolute Gasteiger partial charge is 0.122 e. The number of rotatable bonds is 5. The molecule has 0 aliphatic heterocycles. The van der Waals surface area contributed by atoms with E-state index in [0.29, 0.717) is 6.42 Å². The second-order valence-corrected chi connectivity index (χ2v) is 1.96. The van der Waals surface area contributed by atoms with E-state index in [4.69, 9.17) is 4.52 Å². The summed E-state index contributed by atoms with van der Waals surface area (Å²) in [6.45, 7) is 3.53. The van der Waals surface area contributed by atoms with Gasteiger partial charge < -0.3 is 9.32 Å². The molecular weight excluding hydrogens is 135 g/mol. The molecule has 2 nitrogen and oxygen atoms in total. The highest BCUT2D eigenvalue weighted by atomic mass is 31.0. The van der Waals surface area contributed by atoms with Crippen LogP contribution in [0.2, 0.25) is 0 Å². The van der Waals surface area contributed by atoms with E-state index in [2.05, 4.69) is 16.0 Å². The lowest BCUT2D eigenvalue weighted by atomic mass is 10.2. The summed E-state index contributed by atoms with van der Waals surface area (Å²) in [6.07, 6.45) is 3.74. The third-order valence-corrected chi connectivity index (χ3v) is 1.37. The fourth-order valence-electron chi connectivity index (χ4n) is 0.501. The van der Waals surface area contributed by atoms with Gasteiger partial charge in [-0.2, -0.15) is 0 Å². The third-order valence-electron chi connectivity index (χ3n) is 0.981. The molecule has 0 N–H and O–H groups in total. The summed E-state index contributed by atoms with van der Waals surface area (Å²) in [5.41, 5.74) is 0. The van der Waals surface area contributed by atoms with Crippen molar-refractivity contribution in [2.45, 2.75) is 18.9 Å². The van der Waals surface area contributed by atoms with Crippen molar-refractivity contribution in [3.05, 3.63) is 12.7 Å². The molecular formula is C6H11O2P.